The highest BCUT2D eigenvalue weighted by molar-refractivity contribution is 5.92. The zero-order chi connectivity index (χ0) is 23.8. The highest BCUT2D eigenvalue weighted by Gasteiger charge is 2.64. The van der Waals surface area contributed by atoms with Gasteiger partial charge in [-0.3, -0.25) is 0 Å². The molecule has 32 heavy (non-hydrogen) atoms. The highest BCUT2D eigenvalue weighted by Crippen LogP contribution is 2.50. The summed E-state index contributed by atoms with van der Waals surface area (Å²) >= 11 is 0. The van der Waals surface area contributed by atoms with Gasteiger partial charge in [0.15, 0.2) is 0 Å². The molecule has 0 aromatic heterocycles. The Kier molecular flexibility index (Phi) is 6.70. The number of allylic oxidation sites excluding steroid dienone is 3. The first-order valence-electron chi connectivity index (χ1n) is 11.2. The van der Waals surface area contributed by atoms with E-state index in [-0.39, 0.29) is 6.10 Å². The van der Waals surface area contributed by atoms with Crippen LogP contribution in [-0.4, -0.2) is 47.4 Å². The van der Waals surface area contributed by atoms with Crippen molar-refractivity contribution in [3.8, 4) is 0 Å². The molecule has 0 radical (unpaired) electrons. The van der Waals surface area contributed by atoms with E-state index in [1.165, 1.54) is 0 Å². The monoisotopic (exact) mass is 446 g/mol. The number of ether oxygens (including phenoxy) is 4. The normalized spacial score (nSPS) is 39.1. The molecular weight excluding hydrogens is 412 g/mol. The molecule has 0 unspecified atom stereocenters. The number of rotatable bonds is 4. The van der Waals surface area contributed by atoms with Crippen molar-refractivity contribution in [3.63, 3.8) is 0 Å². The number of fused-ring (bicyclic) bond motifs is 2. The van der Waals surface area contributed by atoms with Crippen molar-refractivity contribution in [1.29, 1.82) is 0 Å². The van der Waals surface area contributed by atoms with Crippen molar-refractivity contribution >= 4 is 17.9 Å². The van der Waals surface area contributed by atoms with E-state index in [9.17, 15) is 14.4 Å². The maximum atomic E-state index is 13.1. The first-order chi connectivity index (χ1) is 14.9. The summed E-state index contributed by atoms with van der Waals surface area (Å²) in [7, 11) is 0. The van der Waals surface area contributed by atoms with Gasteiger partial charge >= 0.3 is 17.9 Å². The van der Waals surface area contributed by atoms with Crippen LogP contribution in [0.1, 0.15) is 67.7 Å². The molecule has 2 heterocycles. The molecule has 0 saturated carbocycles. The second-order valence-corrected chi connectivity index (χ2v) is 9.45. The van der Waals surface area contributed by atoms with Crippen molar-refractivity contribution in [2.75, 3.05) is 0 Å². The fourth-order valence-electron chi connectivity index (χ4n) is 4.52. The van der Waals surface area contributed by atoms with Crippen molar-refractivity contribution in [2.24, 2.45) is 5.92 Å². The van der Waals surface area contributed by atoms with Crippen molar-refractivity contribution in [2.45, 2.75) is 97.2 Å². The zero-order valence-corrected chi connectivity index (χ0v) is 20.0. The molecule has 1 aliphatic carbocycles. The summed E-state index contributed by atoms with van der Waals surface area (Å²) < 4.78 is 23.4. The van der Waals surface area contributed by atoms with Gasteiger partial charge in [-0.05, 0) is 67.4 Å². The molecule has 3 aliphatic rings. The van der Waals surface area contributed by atoms with Crippen LogP contribution in [0.15, 0.2) is 34.9 Å². The van der Waals surface area contributed by atoms with Gasteiger partial charge in [0.25, 0.3) is 0 Å². The molecule has 0 amide bonds. The van der Waals surface area contributed by atoms with Crippen LogP contribution in [0.25, 0.3) is 0 Å². The third-order valence-corrected chi connectivity index (χ3v) is 7.00. The van der Waals surface area contributed by atoms with E-state index in [1.54, 1.807) is 46.8 Å². The first-order valence-corrected chi connectivity index (χ1v) is 11.2. The molecule has 2 saturated heterocycles. The quantitative estimate of drug-likeness (QED) is 0.212. The fraction of sp³-hybridized carbons (Fsp3) is 0.640. The summed E-state index contributed by atoms with van der Waals surface area (Å²) in [6, 6.07) is 0. The number of hydrogen-bond donors (Lipinski definition) is 0. The average molecular weight is 447 g/mol. The Morgan fingerprint density at radius 2 is 1.75 bits per heavy atom. The Balaban J connectivity index is 2.06. The minimum absolute atomic E-state index is 0.0780. The fourth-order valence-corrected chi connectivity index (χ4v) is 4.52. The summed E-state index contributed by atoms with van der Waals surface area (Å²) in [6.07, 6.45) is 5.84. The molecule has 0 spiro atoms. The van der Waals surface area contributed by atoms with Crippen LogP contribution in [0.5, 0.6) is 0 Å². The summed E-state index contributed by atoms with van der Waals surface area (Å²) in [4.78, 5) is 38.5. The molecule has 7 nitrogen and oxygen atoms in total. The second kappa shape index (κ2) is 8.85. The predicted octanol–water partition coefficient (Wildman–Crippen LogP) is 3.96. The minimum Gasteiger partial charge on any atom is -0.459 e. The molecule has 0 aromatic rings. The topological polar surface area (TPSA) is 91.4 Å². The Labute approximate surface area is 189 Å². The van der Waals surface area contributed by atoms with Crippen LogP contribution in [0, 0.1) is 5.92 Å². The molecule has 0 aromatic carbocycles. The molecule has 2 fully saturated rings. The highest BCUT2D eigenvalue weighted by atomic mass is 16.6. The maximum Gasteiger partial charge on any atom is 0.351 e. The number of epoxide rings is 1. The Hall–Kier alpha value is -2.41. The third kappa shape index (κ3) is 4.53. The summed E-state index contributed by atoms with van der Waals surface area (Å²) in [5.74, 6) is -2.44. The first kappa shape index (κ1) is 24.2. The molecular formula is C25H34O7. The summed E-state index contributed by atoms with van der Waals surface area (Å²) in [5.41, 5.74) is -0.196. The van der Waals surface area contributed by atoms with Gasteiger partial charge in [0, 0.05) is 17.6 Å². The van der Waals surface area contributed by atoms with Crippen LogP contribution < -0.4 is 0 Å². The van der Waals surface area contributed by atoms with Crippen LogP contribution in [0.4, 0.5) is 0 Å². The predicted molar refractivity (Wildman–Crippen MR) is 117 cm³/mol. The van der Waals surface area contributed by atoms with Crippen LogP contribution >= 0.6 is 0 Å². The van der Waals surface area contributed by atoms with E-state index in [0.717, 1.165) is 18.4 Å². The Morgan fingerprint density at radius 1 is 1.12 bits per heavy atom. The van der Waals surface area contributed by atoms with Crippen molar-refractivity contribution in [1.82, 2.24) is 0 Å². The van der Waals surface area contributed by atoms with Gasteiger partial charge in [-0.1, -0.05) is 17.7 Å². The lowest BCUT2D eigenvalue weighted by atomic mass is 9.77. The van der Waals surface area contributed by atoms with E-state index >= 15 is 0 Å². The molecule has 176 valence electrons. The molecule has 2 aliphatic heterocycles. The summed E-state index contributed by atoms with van der Waals surface area (Å²) in [6.45, 7) is 12.3. The number of hydrogen-bond acceptors (Lipinski definition) is 7. The van der Waals surface area contributed by atoms with E-state index in [1.807, 2.05) is 19.9 Å². The zero-order valence-electron chi connectivity index (χ0n) is 20.0. The summed E-state index contributed by atoms with van der Waals surface area (Å²) in [5, 5.41) is 0. The number of carbonyl (C=O) groups excluding carboxylic acids is 3. The lowest BCUT2D eigenvalue weighted by molar-refractivity contribution is -0.174. The Bertz CT molecular complexity index is 898. The van der Waals surface area contributed by atoms with E-state index < -0.39 is 47.2 Å². The number of esters is 3. The van der Waals surface area contributed by atoms with Gasteiger partial charge in [0.2, 0.25) is 5.60 Å². The second-order valence-electron chi connectivity index (χ2n) is 9.45. The van der Waals surface area contributed by atoms with Crippen LogP contribution in [-0.2, 0) is 33.3 Å². The SMILES string of the molecule is C/C=C(/C)C(=O)O[C@@H]1/C=C(/C)CC[C@H]2O[C@@]2(C)C[C@H]2OC(=O)[C@](C)(OC(=O)/C(C)=C\C)[C@H]12. The third-order valence-electron chi connectivity index (χ3n) is 7.00. The number of carbonyl (C=O) groups is 3. The molecule has 3 rings (SSSR count). The van der Waals surface area contributed by atoms with Gasteiger partial charge in [-0.25, -0.2) is 14.4 Å². The molecule has 0 N–H and O–H groups in total. The van der Waals surface area contributed by atoms with Crippen molar-refractivity contribution < 1.29 is 33.3 Å². The lowest BCUT2D eigenvalue weighted by Crippen LogP contribution is -2.50. The van der Waals surface area contributed by atoms with Gasteiger partial charge in [-0.2, -0.15) is 0 Å². The lowest BCUT2D eigenvalue weighted by Gasteiger charge is -2.34. The molecule has 7 heteroatoms. The average Bonchev–Trinajstić information content (AvgIpc) is 3.31. The minimum atomic E-state index is -1.61. The van der Waals surface area contributed by atoms with Gasteiger partial charge in [0.05, 0.1) is 17.6 Å². The van der Waals surface area contributed by atoms with Gasteiger partial charge in [-0.15, -0.1) is 0 Å². The standard InChI is InChI=1S/C25H34O7/c1-8-15(4)21(26)29-17-12-14(3)10-11-19-24(6,31-19)13-18-20(17)25(7,23(28)30-18)32-22(27)16(5)9-2/h8-9,12,17-20H,10-11,13H2,1-7H3/b14-12-,15-8-,16-9-/t17-,18-,19-,20-,24+,25-/m1/s1. The Morgan fingerprint density at radius 3 is 2.38 bits per heavy atom. The van der Waals surface area contributed by atoms with Gasteiger partial charge in [0.1, 0.15) is 12.2 Å². The van der Waals surface area contributed by atoms with E-state index in [2.05, 4.69) is 0 Å². The maximum absolute atomic E-state index is 13.1. The largest absolute Gasteiger partial charge is 0.459 e. The van der Waals surface area contributed by atoms with Crippen LogP contribution in [0.2, 0.25) is 0 Å². The smallest absolute Gasteiger partial charge is 0.351 e. The molecule has 6 atom stereocenters. The van der Waals surface area contributed by atoms with E-state index in [0.29, 0.717) is 17.6 Å². The van der Waals surface area contributed by atoms with E-state index in [4.69, 9.17) is 18.9 Å². The van der Waals surface area contributed by atoms with Crippen molar-refractivity contribution in [3.05, 3.63) is 34.9 Å². The van der Waals surface area contributed by atoms with Crippen LogP contribution in [0.3, 0.4) is 0 Å². The van der Waals surface area contributed by atoms with Gasteiger partial charge < -0.3 is 18.9 Å². The molecule has 0 bridgehead atoms.